The normalized spacial score (nSPS) is 22.6. The number of amides is 1. The Labute approximate surface area is 216 Å². The Bertz CT molecular complexity index is 997. The molecule has 3 aliphatic heterocycles. The van der Waals surface area contributed by atoms with Gasteiger partial charge in [-0.1, -0.05) is 37.0 Å². The van der Waals surface area contributed by atoms with E-state index in [0.717, 1.165) is 81.4 Å². The quantitative estimate of drug-likeness (QED) is 0.653. The molecule has 1 N–H and O–H groups in total. The fourth-order valence-electron chi connectivity index (χ4n) is 6.09. The van der Waals surface area contributed by atoms with E-state index in [2.05, 4.69) is 26.2 Å². The number of benzene rings is 1. The van der Waals surface area contributed by atoms with Gasteiger partial charge in [-0.2, -0.15) is 4.98 Å². The predicted molar refractivity (Wildman–Crippen MR) is 146 cm³/mol. The molecule has 7 nitrogen and oxygen atoms in total. The molecule has 4 heterocycles. The van der Waals surface area contributed by atoms with E-state index in [9.17, 15) is 4.79 Å². The molecule has 3 saturated heterocycles. The topological polar surface area (TPSA) is 64.6 Å². The van der Waals surface area contributed by atoms with Crippen LogP contribution < -0.4 is 10.2 Å². The molecule has 0 aliphatic carbocycles. The van der Waals surface area contributed by atoms with Crippen LogP contribution in [0.3, 0.4) is 0 Å². The first-order chi connectivity index (χ1) is 17.7. The molecule has 1 atom stereocenters. The van der Waals surface area contributed by atoms with Crippen molar-refractivity contribution in [1.29, 1.82) is 0 Å². The molecule has 194 valence electrons. The third kappa shape index (κ3) is 6.36. The van der Waals surface area contributed by atoms with E-state index in [1.807, 2.05) is 42.3 Å². The highest BCUT2D eigenvalue weighted by molar-refractivity contribution is 5.94. The molecule has 7 heteroatoms. The Kier molecular flexibility index (Phi) is 8.36. The third-order valence-corrected chi connectivity index (χ3v) is 8.14. The van der Waals surface area contributed by atoms with Gasteiger partial charge in [-0.05, 0) is 70.2 Å². The van der Waals surface area contributed by atoms with Crippen LogP contribution in [0.25, 0.3) is 0 Å². The van der Waals surface area contributed by atoms with Crippen LogP contribution in [0.5, 0.6) is 0 Å². The second-order valence-corrected chi connectivity index (χ2v) is 10.9. The summed E-state index contributed by atoms with van der Waals surface area (Å²) in [5.41, 5.74) is 1.95. The Morgan fingerprint density at radius 1 is 0.917 bits per heavy atom. The second-order valence-electron chi connectivity index (χ2n) is 10.9. The van der Waals surface area contributed by atoms with Crippen molar-refractivity contribution >= 4 is 17.7 Å². The molecule has 2 aromatic rings. The molecule has 0 saturated carbocycles. The van der Waals surface area contributed by atoms with Gasteiger partial charge >= 0.3 is 0 Å². The number of nitrogens with zero attached hydrogens (tertiary/aromatic N) is 5. The highest BCUT2D eigenvalue weighted by Gasteiger charge is 2.30. The number of carbonyl (C=O) groups excluding carboxylic acids is 1. The summed E-state index contributed by atoms with van der Waals surface area (Å²) in [6.07, 6.45) is 12.8. The first-order valence-corrected chi connectivity index (χ1v) is 14.1. The summed E-state index contributed by atoms with van der Waals surface area (Å²) in [5, 5.41) is 3.68. The van der Waals surface area contributed by atoms with Crippen LogP contribution in [-0.2, 0) is 0 Å². The molecule has 5 rings (SSSR count). The molecule has 3 fully saturated rings. The number of carbonyl (C=O) groups is 1. The summed E-state index contributed by atoms with van der Waals surface area (Å²) in [5.74, 6) is 2.00. The van der Waals surface area contributed by atoms with E-state index in [0.29, 0.717) is 12.1 Å². The lowest BCUT2D eigenvalue weighted by atomic mass is 10.0. The number of piperidine rings is 1. The minimum atomic E-state index is 0.175. The van der Waals surface area contributed by atoms with Gasteiger partial charge in [0.2, 0.25) is 5.95 Å². The van der Waals surface area contributed by atoms with Gasteiger partial charge < -0.3 is 15.1 Å². The third-order valence-electron chi connectivity index (χ3n) is 8.14. The summed E-state index contributed by atoms with van der Waals surface area (Å²) in [6.45, 7) is 8.08. The lowest BCUT2D eigenvalue weighted by Crippen LogP contribution is -2.49. The Balaban J connectivity index is 1.16. The summed E-state index contributed by atoms with van der Waals surface area (Å²) in [6, 6.07) is 10.9. The summed E-state index contributed by atoms with van der Waals surface area (Å²) < 4.78 is 0. The molecule has 0 radical (unpaired) electrons. The van der Waals surface area contributed by atoms with Crippen molar-refractivity contribution in [3.8, 4) is 0 Å². The summed E-state index contributed by atoms with van der Waals surface area (Å²) in [4.78, 5) is 29.6. The average Bonchev–Trinajstić information content (AvgIpc) is 3.32. The number of aryl methyl sites for hydroxylation is 1. The number of hydrogen-bond acceptors (Lipinski definition) is 6. The predicted octanol–water partition coefficient (Wildman–Crippen LogP) is 4.74. The number of anilines is 2. The van der Waals surface area contributed by atoms with Crippen molar-refractivity contribution < 1.29 is 4.79 Å². The number of likely N-dealkylation sites (tertiary alicyclic amines) is 2. The van der Waals surface area contributed by atoms with Crippen LogP contribution in [0.1, 0.15) is 73.7 Å². The Hall–Kier alpha value is -2.67. The van der Waals surface area contributed by atoms with E-state index in [1.165, 1.54) is 38.5 Å². The molecule has 3 aliphatic rings. The van der Waals surface area contributed by atoms with Gasteiger partial charge in [0.1, 0.15) is 5.82 Å². The van der Waals surface area contributed by atoms with Crippen LogP contribution in [0.4, 0.5) is 11.8 Å². The smallest absolute Gasteiger partial charge is 0.253 e. The fraction of sp³-hybridized carbons (Fsp3) is 0.621. The van der Waals surface area contributed by atoms with Gasteiger partial charge in [-0.3, -0.25) is 9.69 Å². The van der Waals surface area contributed by atoms with Crippen molar-refractivity contribution in [2.24, 2.45) is 0 Å². The van der Waals surface area contributed by atoms with Gasteiger partial charge in [0.05, 0.1) is 0 Å². The van der Waals surface area contributed by atoms with E-state index < -0.39 is 0 Å². The van der Waals surface area contributed by atoms with E-state index >= 15 is 0 Å². The molecule has 36 heavy (non-hydrogen) atoms. The minimum absolute atomic E-state index is 0.175. The molecule has 1 unspecified atom stereocenters. The van der Waals surface area contributed by atoms with Gasteiger partial charge in [0.25, 0.3) is 5.91 Å². The number of aromatic nitrogens is 2. The molecule has 0 bridgehead atoms. The zero-order valence-corrected chi connectivity index (χ0v) is 21.9. The molecule has 1 amide bonds. The number of hydrogen-bond donors (Lipinski definition) is 1. The van der Waals surface area contributed by atoms with Crippen LogP contribution in [0.2, 0.25) is 0 Å². The zero-order chi connectivity index (χ0) is 24.7. The highest BCUT2D eigenvalue weighted by atomic mass is 16.2. The first-order valence-electron chi connectivity index (χ1n) is 14.1. The Morgan fingerprint density at radius 3 is 2.47 bits per heavy atom. The lowest BCUT2D eigenvalue weighted by Gasteiger charge is -2.39. The number of nitrogens with one attached hydrogen (secondary N) is 1. The average molecular weight is 491 g/mol. The minimum Gasteiger partial charge on any atom is -0.356 e. The fourth-order valence-corrected chi connectivity index (χ4v) is 6.09. The van der Waals surface area contributed by atoms with Crippen molar-refractivity contribution in [1.82, 2.24) is 19.8 Å². The lowest BCUT2D eigenvalue weighted by molar-refractivity contribution is 0.0619. The second kappa shape index (κ2) is 12.0. The molecular weight excluding hydrogens is 448 g/mol. The van der Waals surface area contributed by atoms with Crippen LogP contribution in [0.15, 0.2) is 36.5 Å². The van der Waals surface area contributed by atoms with Gasteiger partial charge in [0, 0.05) is 56.6 Å². The maximum Gasteiger partial charge on any atom is 0.253 e. The van der Waals surface area contributed by atoms with Crippen molar-refractivity contribution in [3.63, 3.8) is 0 Å². The molecule has 1 aromatic carbocycles. The molecule has 0 spiro atoms. The standard InChI is InChI=1S/C29H42N6O/c1-23-9-8-10-24(21-23)28(36)34-19-13-26(14-20-34)35-18-7-4-11-25(22-35)31-29-30-15-12-27(32-29)33-16-5-2-3-6-17-33/h8-10,12,15,21,25-26H,2-7,11,13-14,16-20,22H2,1H3,(H,30,31,32). The van der Waals surface area contributed by atoms with Crippen molar-refractivity contribution in [2.75, 3.05) is 49.5 Å². The maximum atomic E-state index is 13.0. The number of rotatable bonds is 5. The zero-order valence-electron chi connectivity index (χ0n) is 21.9. The van der Waals surface area contributed by atoms with E-state index in [4.69, 9.17) is 4.98 Å². The van der Waals surface area contributed by atoms with Crippen LogP contribution in [0, 0.1) is 6.92 Å². The van der Waals surface area contributed by atoms with Crippen LogP contribution >= 0.6 is 0 Å². The monoisotopic (exact) mass is 490 g/mol. The van der Waals surface area contributed by atoms with E-state index in [1.54, 1.807) is 0 Å². The SMILES string of the molecule is Cc1cccc(C(=O)N2CCC(N3CCCCC(Nc4nccc(N5CCCCCC5)n4)C3)CC2)c1. The van der Waals surface area contributed by atoms with Gasteiger partial charge in [0.15, 0.2) is 0 Å². The summed E-state index contributed by atoms with van der Waals surface area (Å²) in [7, 11) is 0. The largest absolute Gasteiger partial charge is 0.356 e. The van der Waals surface area contributed by atoms with Crippen LogP contribution in [-0.4, -0.2) is 77.0 Å². The first kappa shape index (κ1) is 25.0. The van der Waals surface area contributed by atoms with Crippen molar-refractivity contribution in [2.45, 2.75) is 76.8 Å². The maximum absolute atomic E-state index is 13.0. The van der Waals surface area contributed by atoms with Crippen molar-refractivity contribution in [3.05, 3.63) is 47.7 Å². The molecular formula is C29H42N6O. The summed E-state index contributed by atoms with van der Waals surface area (Å²) >= 11 is 0. The Morgan fingerprint density at radius 2 is 1.69 bits per heavy atom. The van der Waals surface area contributed by atoms with Gasteiger partial charge in [-0.25, -0.2) is 4.98 Å². The molecule has 1 aromatic heterocycles. The highest BCUT2D eigenvalue weighted by Crippen LogP contribution is 2.24. The van der Waals surface area contributed by atoms with E-state index in [-0.39, 0.29) is 5.91 Å². The van der Waals surface area contributed by atoms with Gasteiger partial charge in [-0.15, -0.1) is 0 Å².